The van der Waals surface area contributed by atoms with Gasteiger partial charge in [0.2, 0.25) is 0 Å². The molecule has 112 valence electrons. The van der Waals surface area contributed by atoms with Crippen LogP contribution in [-0.4, -0.2) is 26.2 Å². The zero-order valence-electron chi connectivity index (χ0n) is 12.6. The Balaban J connectivity index is 2.04. The number of benzene rings is 2. The summed E-state index contributed by atoms with van der Waals surface area (Å²) in [7, 11) is 5.41. The minimum Gasteiger partial charge on any atom is -0.497 e. The SMILES string of the molecule is COc1cc(CN(C)Cc2ccc(Cl)cc2)cc(OC)c1. The fourth-order valence-corrected chi connectivity index (χ4v) is 2.35. The van der Waals surface area contributed by atoms with E-state index in [-0.39, 0.29) is 0 Å². The van der Waals surface area contributed by atoms with Gasteiger partial charge < -0.3 is 9.47 Å². The van der Waals surface area contributed by atoms with Gasteiger partial charge in [0.15, 0.2) is 0 Å². The summed E-state index contributed by atoms with van der Waals surface area (Å²) in [6, 6.07) is 13.9. The highest BCUT2D eigenvalue weighted by Gasteiger charge is 2.06. The Hall–Kier alpha value is -1.71. The lowest BCUT2D eigenvalue weighted by atomic mass is 10.1. The summed E-state index contributed by atoms with van der Waals surface area (Å²) in [5, 5.41) is 0.763. The van der Waals surface area contributed by atoms with Crippen molar-refractivity contribution in [1.29, 1.82) is 0 Å². The molecule has 0 atom stereocenters. The molecule has 0 fully saturated rings. The van der Waals surface area contributed by atoms with Crippen molar-refractivity contribution in [2.24, 2.45) is 0 Å². The molecule has 2 rings (SSSR count). The molecule has 0 bridgehead atoms. The monoisotopic (exact) mass is 305 g/mol. The molecule has 2 aromatic rings. The second-order valence-corrected chi connectivity index (χ2v) is 5.46. The highest BCUT2D eigenvalue weighted by Crippen LogP contribution is 2.23. The van der Waals surface area contributed by atoms with E-state index in [1.54, 1.807) is 14.2 Å². The van der Waals surface area contributed by atoms with Crippen molar-refractivity contribution in [3.05, 3.63) is 58.6 Å². The quantitative estimate of drug-likeness (QED) is 0.805. The second-order valence-electron chi connectivity index (χ2n) is 5.02. The Morgan fingerprint density at radius 1 is 0.857 bits per heavy atom. The third-order valence-corrected chi connectivity index (χ3v) is 3.48. The molecule has 0 aromatic heterocycles. The van der Waals surface area contributed by atoms with Crippen LogP contribution in [0.2, 0.25) is 5.02 Å². The van der Waals surface area contributed by atoms with E-state index in [1.165, 1.54) is 5.56 Å². The minimum absolute atomic E-state index is 0.763. The molecule has 0 amide bonds. The molecule has 0 unspecified atom stereocenters. The number of hydrogen-bond acceptors (Lipinski definition) is 3. The third kappa shape index (κ3) is 4.66. The first-order valence-corrected chi connectivity index (χ1v) is 7.13. The average molecular weight is 306 g/mol. The standard InChI is InChI=1S/C17H20ClNO2/c1-19(11-13-4-6-15(18)7-5-13)12-14-8-16(20-2)10-17(9-14)21-3/h4-10H,11-12H2,1-3H3. The van der Waals surface area contributed by atoms with E-state index in [0.717, 1.165) is 35.2 Å². The van der Waals surface area contributed by atoms with Gasteiger partial charge in [-0.2, -0.15) is 0 Å². The molecule has 0 aliphatic heterocycles. The highest BCUT2D eigenvalue weighted by atomic mass is 35.5. The van der Waals surface area contributed by atoms with Crippen molar-refractivity contribution in [2.45, 2.75) is 13.1 Å². The number of hydrogen-bond donors (Lipinski definition) is 0. The molecule has 21 heavy (non-hydrogen) atoms. The molecule has 0 radical (unpaired) electrons. The van der Waals surface area contributed by atoms with Crippen molar-refractivity contribution in [3.63, 3.8) is 0 Å². The van der Waals surface area contributed by atoms with Crippen LogP contribution in [0.5, 0.6) is 11.5 Å². The number of halogens is 1. The van der Waals surface area contributed by atoms with Crippen LogP contribution in [0.15, 0.2) is 42.5 Å². The Morgan fingerprint density at radius 2 is 1.38 bits per heavy atom. The molecule has 4 heteroatoms. The minimum atomic E-state index is 0.763. The van der Waals surface area contributed by atoms with Gasteiger partial charge >= 0.3 is 0 Å². The van der Waals surface area contributed by atoms with E-state index in [9.17, 15) is 0 Å². The Morgan fingerprint density at radius 3 is 1.90 bits per heavy atom. The van der Waals surface area contributed by atoms with Gasteiger partial charge in [-0.3, -0.25) is 4.90 Å². The molecule has 3 nitrogen and oxygen atoms in total. The number of nitrogens with zero attached hydrogens (tertiary/aromatic N) is 1. The van der Waals surface area contributed by atoms with Crippen LogP contribution in [0.25, 0.3) is 0 Å². The highest BCUT2D eigenvalue weighted by molar-refractivity contribution is 6.30. The smallest absolute Gasteiger partial charge is 0.122 e. The maximum absolute atomic E-state index is 5.90. The summed E-state index contributed by atoms with van der Waals surface area (Å²) in [4.78, 5) is 2.23. The summed E-state index contributed by atoms with van der Waals surface area (Å²) in [6.07, 6.45) is 0. The van der Waals surface area contributed by atoms with E-state index in [0.29, 0.717) is 0 Å². The molecule has 0 N–H and O–H groups in total. The van der Waals surface area contributed by atoms with Gasteiger partial charge in [-0.15, -0.1) is 0 Å². The van der Waals surface area contributed by atoms with Crippen molar-refractivity contribution >= 4 is 11.6 Å². The fourth-order valence-electron chi connectivity index (χ4n) is 2.23. The largest absolute Gasteiger partial charge is 0.497 e. The lowest BCUT2D eigenvalue weighted by molar-refractivity contribution is 0.317. The molecule has 0 heterocycles. The van der Waals surface area contributed by atoms with Crippen molar-refractivity contribution in [2.75, 3.05) is 21.3 Å². The first kappa shape index (κ1) is 15.7. The van der Waals surface area contributed by atoms with Gasteiger partial charge in [-0.25, -0.2) is 0 Å². The Bertz CT molecular complexity index is 562. The molecule has 0 aliphatic rings. The molecule has 0 saturated carbocycles. The van der Waals surface area contributed by atoms with Gasteiger partial charge in [0.05, 0.1) is 14.2 Å². The van der Waals surface area contributed by atoms with Gasteiger partial charge in [-0.1, -0.05) is 23.7 Å². The maximum Gasteiger partial charge on any atom is 0.122 e. The zero-order valence-corrected chi connectivity index (χ0v) is 13.4. The van der Waals surface area contributed by atoms with Crippen LogP contribution < -0.4 is 9.47 Å². The topological polar surface area (TPSA) is 21.7 Å². The van der Waals surface area contributed by atoms with Crippen molar-refractivity contribution < 1.29 is 9.47 Å². The molecular weight excluding hydrogens is 286 g/mol. The Kier molecular flexibility index (Phi) is 5.48. The predicted molar refractivity (Wildman–Crippen MR) is 86.2 cm³/mol. The first-order valence-electron chi connectivity index (χ1n) is 6.75. The van der Waals surface area contributed by atoms with Crippen LogP contribution in [0.3, 0.4) is 0 Å². The zero-order chi connectivity index (χ0) is 15.2. The molecule has 0 saturated heterocycles. The van der Waals surface area contributed by atoms with Gasteiger partial charge in [0.1, 0.15) is 11.5 Å². The van der Waals surface area contributed by atoms with Crippen molar-refractivity contribution in [1.82, 2.24) is 4.90 Å². The normalized spacial score (nSPS) is 10.7. The summed E-state index contributed by atoms with van der Waals surface area (Å²) < 4.78 is 10.6. The number of ether oxygens (including phenoxy) is 2. The summed E-state index contributed by atoms with van der Waals surface area (Å²) >= 11 is 5.90. The van der Waals surface area contributed by atoms with Crippen LogP contribution in [0.1, 0.15) is 11.1 Å². The molecule has 0 spiro atoms. The predicted octanol–water partition coefficient (Wildman–Crippen LogP) is 3.99. The maximum atomic E-state index is 5.90. The lowest BCUT2D eigenvalue weighted by Crippen LogP contribution is -2.17. The van der Waals surface area contributed by atoms with Gasteiger partial charge in [0.25, 0.3) is 0 Å². The van der Waals surface area contributed by atoms with E-state index >= 15 is 0 Å². The molecule has 0 aliphatic carbocycles. The van der Waals surface area contributed by atoms with Crippen LogP contribution in [-0.2, 0) is 13.1 Å². The third-order valence-electron chi connectivity index (χ3n) is 3.23. The van der Waals surface area contributed by atoms with Crippen LogP contribution >= 0.6 is 11.6 Å². The summed E-state index contributed by atoms with van der Waals surface area (Å²) in [5.74, 6) is 1.62. The summed E-state index contributed by atoms with van der Waals surface area (Å²) in [6.45, 7) is 1.67. The van der Waals surface area contributed by atoms with Crippen LogP contribution in [0, 0.1) is 0 Å². The lowest BCUT2D eigenvalue weighted by Gasteiger charge is -2.18. The van der Waals surface area contributed by atoms with Crippen LogP contribution in [0.4, 0.5) is 0 Å². The van der Waals surface area contributed by atoms with Gasteiger partial charge in [-0.05, 0) is 42.4 Å². The van der Waals surface area contributed by atoms with E-state index in [2.05, 4.69) is 11.9 Å². The van der Waals surface area contributed by atoms with Gasteiger partial charge in [0, 0.05) is 24.2 Å². The van der Waals surface area contributed by atoms with E-state index in [1.807, 2.05) is 42.5 Å². The van der Waals surface area contributed by atoms with Crippen molar-refractivity contribution in [3.8, 4) is 11.5 Å². The molecular formula is C17H20ClNO2. The van der Waals surface area contributed by atoms with E-state index < -0.39 is 0 Å². The fraction of sp³-hybridized carbons (Fsp3) is 0.294. The number of methoxy groups -OCH3 is 2. The summed E-state index contributed by atoms with van der Waals surface area (Å²) in [5.41, 5.74) is 2.39. The first-order chi connectivity index (χ1) is 10.1. The average Bonchev–Trinajstić information content (AvgIpc) is 2.49. The molecule has 2 aromatic carbocycles. The number of rotatable bonds is 6. The second kappa shape index (κ2) is 7.34. The Labute approximate surface area is 131 Å². The van der Waals surface area contributed by atoms with E-state index in [4.69, 9.17) is 21.1 Å².